The van der Waals surface area contributed by atoms with Crippen molar-refractivity contribution in [3.63, 3.8) is 0 Å². The van der Waals surface area contributed by atoms with E-state index in [-0.39, 0.29) is 182 Å². The van der Waals surface area contributed by atoms with E-state index in [1.165, 1.54) is 50.6 Å². The predicted molar refractivity (Wildman–Crippen MR) is 436 cm³/mol. The number of hydrogen-bond donors (Lipinski definition) is 4. The number of anilines is 2. The van der Waals surface area contributed by atoms with E-state index in [4.69, 9.17) is 58.2 Å². The van der Waals surface area contributed by atoms with Crippen LogP contribution in [0.25, 0.3) is 0 Å². The third-order valence-corrected chi connectivity index (χ3v) is 20.6. The molecule has 4 aromatic rings. The summed E-state index contributed by atoms with van der Waals surface area (Å²) in [6.07, 6.45) is 7.93. The summed E-state index contributed by atoms with van der Waals surface area (Å²) in [5.74, 6) is -5.25. The van der Waals surface area contributed by atoms with Crippen LogP contribution in [0.15, 0.2) is 123 Å². The Morgan fingerprint density at radius 2 is 0.867 bits per heavy atom. The summed E-state index contributed by atoms with van der Waals surface area (Å²) in [7, 11) is -0.258. The van der Waals surface area contributed by atoms with Gasteiger partial charge in [0.1, 0.15) is 47.7 Å². The highest BCUT2D eigenvalue weighted by atomic mass is 28.3. The van der Waals surface area contributed by atoms with Crippen LogP contribution in [0.2, 0.25) is 26.2 Å². The molecule has 30 heteroatoms. The molecule has 6 N–H and O–H groups in total. The van der Waals surface area contributed by atoms with Gasteiger partial charge in [0.2, 0.25) is 11.8 Å². The SMILES string of the molecule is C=CCN(CC=C)[C@@H](CCC(N)=O)C(=O)C(=O)Oc1ccc(COC(=O)Nc2cc(C(=O)N3CCCC3C(O[SiH](C)C)C(C)(C)C)c(OC)cc2OCCCCCOc2cc(OC)c(C(=O)N3CCC[C@H]3C(O[SiH](C)C)C(C)(C)C)cc2NC(=O)OCc2ccc(OC(=O)C(=O)[C@H](CCC(N)=O)N(CC=C)CC=C)cc2)cc1. The molecular weight excluding hydrogens is 1490 g/mol. The molecule has 4 aromatic carbocycles. The van der Waals surface area contributed by atoms with Gasteiger partial charge < -0.3 is 68.0 Å². The number of methoxy groups -OCH3 is 2. The summed E-state index contributed by atoms with van der Waals surface area (Å²) in [6, 6.07) is 15.5. The first-order valence-corrected chi connectivity index (χ1v) is 43.9. The van der Waals surface area contributed by atoms with Gasteiger partial charge in [-0.1, -0.05) is 90.1 Å². The Balaban J connectivity index is 1.20. The van der Waals surface area contributed by atoms with Gasteiger partial charge in [-0.2, -0.15) is 0 Å². The predicted octanol–water partition coefficient (Wildman–Crippen LogP) is 11.4. The van der Waals surface area contributed by atoms with Crippen molar-refractivity contribution in [1.82, 2.24) is 19.6 Å². The van der Waals surface area contributed by atoms with Gasteiger partial charge in [-0.15, -0.1) is 26.3 Å². The van der Waals surface area contributed by atoms with Crippen molar-refractivity contribution in [2.45, 2.75) is 188 Å². The monoisotopic (exact) mass is 1600 g/mol. The van der Waals surface area contributed by atoms with Crippen molar-refractivity contribution in [2.75, 3.05) is 77.3 Å². The van der Waals surface area contributed by atoms with Crippen LogP contribution in [0, 0.1) is 10.8 Å². The summed E-state index contributed by atoms with van der Waals surface area (Å²) in [6.45, 7) is 37.4. The number of rotatable bonds is 46. The molecule has 616 valence electrons. The van der Waals surface area contributed by atoms with Crippen LogP contribution < -0.4 is 50.5 Å². The first kappa shape index (κ1) is 91.9. The van der Waals surface area contributed by atoms with Crippen LogP contribution in [0.5, 0.6) is 34.5 Å². The Bertz CT molecular complexity index is 3700. The third kappa shape index (κ3) is 27.7. The molecule has 2 heterocycles. The molecule has 3 unspecified atom stereocenters. The molecule has 2 saturated heterocycles. The number of nitrogens with one attached hydrogen (secondary N) is 2. The van der Waals surface area contributed by atoms with Gasteiger partial charge in [-0.05, 0) is 142 Å². The number of amides is 6. The number of benzene rings is 4. The smallest absolute Gasteiger partial charge is 0.412 e. The number of likely N-dealkylation sites (tertiary alicyclic amines) is 2. The maximum absolute atomic E-state index is 14.9. The highest BCUT2D eigenvalue weighted by Gasteiger charge is 2.45. The molecule has 28 nitrogen and oxygen atoms in total. The van der Waals surface area contributed by atoms with Crippen LogP contribution in [-0.4, -0.2) is 200 Å². The molecule has 2 aliphatic heterocycles. The maximum atomic E-state index is 14.9. The largest absolute Gasteiger partial charge is 0.496 e. The van der Waals surface area contributed by atoms with E-state index in [0.717, 1.165) is 25.7 Å². The van der Waals surface area contributed by atoms with Crippen LogP contribution in [0.4, 0.5) is 21.0 Å². The number of nitrogens with zero attached hydrogens (tertiary/aromatic N) is 4. The number of ether oxygens (including phenoxy) is 8. The van der Waals surface area contributed by atoms with Crippen LogP contribution >= 0.6 is 0 Å². The first-order chi connectivity index (χ1) is 53.7. The van der Waals surface area contributed by atoms with Crippen molar-refractivity contribution in [1.29, 1.82) is 0 Å². The fourth-order valence-electron chi connectivity index (χ4n) is 13.7. The molecule has 2 fully saturated rings. The summed E-state index contributed by atoms with van der Waals surface area (Å²) in [5, 5.41) is 5.57. The molecule has 0 aliphatic carbocycles. The van der Waals surface area contributed by atoms with Crippen LogP contribution in [0.1, 0.15) is 144 Å². The van der Waals surface area contributed by atoms with Crippen molar-refractivity contribution in [2.24, 2.45) is 22.3 Å². The standard InChI is InChI=1S/C83H116N8O20Si2/c1-17-40-88(41-18-2)62(36-38-70(84)92)72(94)78(98)108-56-32-28-54(29-33-56)52-106-80(100)86-60-48-58(76(96)90-44-24-26-64(90)74(82(5,6)7)110-112(13)14)66(102-11)50-68(60)104-46-22-21-23-47-105-69-51-67(103-12)59(77(97)91-45-25-27-65(91)75(83(8,9)10)111-113(15)16)49-61(69)87-81(101)107-53-55-30-34-57(35-31-55)109-79(99)73(95)63(37-39-71(85)93)89(42-19-3)43-20-4/h17-20,28-35,48-51,62-65,74-75,112-113H,1-4,21-27,36-47,52-53H2,5-16H3,(H2,84,92)(H2,85,93)(H,86,100)(H,87,101)/t62-,63-,64-,65?,74?,75?/m0/s1. The van der Waals surface area contributed by atoms with E-state index >= 15 is 0 Å². The molecule has 2 aliphatic rings. The molecule has 6 atom stereocenters. The van der Waals surface area contributed by atoms with Gasteiger partial charge in [-0.3, -0.25) is 49.2 Å². The molecule has 6 amide bonds. The van der Waals surface area contributed by atoms with E-state index in [2.05, 4.69) is 105 Å². The quantitative estimate of drug-likeness (QED) is 0.00797. The van der Waals surface area contributed by atoms with Gasteiger partial charge in [-0.25, -0.2) is 19.2 Å². The molecule has 0 bridgehead atoms. The minimum absolute atomic E-state index is 0.0302. The summed E-state index contributed by atoms with van der Waals surface area (Å²) in [5.41, 5.74) is 11.7. The molecule has 0 radical (unpaired) electrons. The zero-order chi connectivity index (χ0) is 83.3. The van der Waals surface area contributed by atoms with Gasteiger partial charge in [0.25, 0.3) is 23.4 Å². The number of unbranched alkanes of at least 4 members (excludes halogenated alkanes) is 2. The Morgan fingerprint density at radius 1 is 0.522 bits per heavy atom. The Hall–Kier alpha value is -9.99. The summed E-state index contributed by atoms with van der Waals surface area (Å²) in [4.78, 5) is 141. The Labute approximate surface area is 667 Å². The van der Waals surface area contributed by atoms with Crippen molar-refractivity contribution >= 4 is 88.8 Å². The third-order valence-electron chi connectivity index (χ3n) is 18.9. The van der Waals surface area contributed by atoms with Gasteiger partial charge in [0.05, 0.1) is 86.3 Å². The van der Waals surface area contributed by atoms with E-state index in [1.54, 1.807) is 70.5 Å². The Morgan fingerprint density at radius 3 is 1.17 bits per heavy atom. The zero-order valence-corrected chi connectivity index (χ0v) is 70.0. The second-order valence-electron chi connectivity index (χ2n) is 30.5. The Kier molecular flexibility index (Phi) is 36.2. The number of nitrogens with two attached hydrogens (primary N) is 2. The lowest BCUT2D eigenvalue weighted by Gasteiger charge is -2.40. The normalized spacial score (nSPS) is 15.3. The summed E-state index contributed by atoms with van der Waals surface area (Å²) < 4.78 is 60.2. The minimum Gasteiger partial charge on any atom is -0.496 e. The maximum Gasteiger partial charge on any atom is 0.412 e. The van der Waals surface area contributed by atoms with Gasteiger partial charge in [0, 0.05) is 64.2 Å². The fraction of sp³-hybridized carbons (Fsp3) is 0.494. The van der Waals surface area contributed by atoms with E-state index in [9.17, 15) is 47.9 Å². The van der Waals surface area contributed by atoms with Gasteiger partial charge >= 0.3 is 24.1 Å². The van der Waals surface area contributed by atoms with Crippen molar-refractivity contribution < 1.29 is 94.7 Å². The highest BCUT2D eigenvalue weighted by Crippen LogP contribution is 2.41. The molecule has 113 heavy (non-hydrogen) atoms. The second-order valence-corrected chi connectivity index (χ2v) is 35.3. The van der Waals surface area contributed by atoms with Crippen LogP contribution in [-0.2, 0) is 60.3 Å². The lowest BCUT2D eigenvalue weighted by Crippen LogP contribution is -2.50. The number of carbonyl (C=O) groups excluding carboxylic acids is 10. The summed E-state index contributed by atoms with van der Waals surface area (Å²) >= 11 is 0. The zero-order valence-electron chi connectivity index (χ0n) is 67.6. The first-order valence-electron chi connectivity index (χ1n) is 38.3. The minimum atomic E-state index is -1.57. The number of esters is 2. The molecule has 0 spiro atoms. The molecule has 0 aromatic heterocycles. The van der Waals surface area contributed by atoms with Crippen molar-refractivity contribution in [3.05, 3.63) is 146 Å². The lowest BCUT2D eigenvalue weighted by atomic mass is 9.83. The van der Waals surface area contributed by atoms with Gasteiger partial charge in [0.15, 0.2) is 18.1 Å². The number of Topliss-reactive ketones (excluding diaryl/α,β-unsaturated/α-hetero) is 2. The highest BCUT2D eigenvalue weighted by molar-refractivity contribution is 6.48. The number of carbonyl (C=O) groups is 10. The second kappa shape index (κ2) is 44.5. The topological polar surface area (TPSA) is 352 Å². The molecular formula is C83H116N8O20Si2. The van der Waals surface area contributed by atoms with E-state index in [0.29, 0.717) is 43.5 Å². The average Bonchev–Trinajstić information content (AvgIpc) is 1.50. The number of primary amides is 2. The fourth-order valence-corrected chi connectivity index (χ4v) is 16.0. The van der Waals surface area contributed by atoms with Crippen LogP contribution in [0.3, 0.4) is 0 Å². The number of ketones is 2. The lowest BCUT2D eigenvalue weighted by molar-refractivity contribution is -0.150. The number of hydrogen-bond acceptors (Lipinski definition) is 22. The molecule has 6 rings (SSSR count). The average molecular weight is 1600 g/mol. The van der Waals surface area contributed by atoms with E-state index < -0.39 is 77.7 Å². The molecule has 0 saturated carbocycles. The van der Waals surface area contributed by atoms with Crippen molar-refractivity contribution in [3.8, 4) is 34.5 Å². The van der Waals surface area contributed by atoms with E-state index in [1.807, 2.05) is 9.80 Å².